The number of carbonyl (C=O) groups excluding carboxylic acids is 1. The molecule has 8 heteroatoms. The van der Waals surface area contributed by atoms with Crippen LogP contribution in [0.5, 0.6) is 5.75 Å². The van der Waals surface area contributed by atoms with Crippen molar-refractivity contribution in [3.8, 4) is 5.75 Å². The molecule has 5 nitrogen and oxygen atoms in total. The van der Waals surface area contributed by atoms with Gasteiger partial charge in [-0.3, -0.25) is 14.2 Å². The Balaban J connectivity index is 1.78. The Labute approximate surface area is 158 Å². The summed E-state index contributed by atoms with van der Waals surface area (Å²) in [5.41, 5.74) is 0.803. The zero-order chi connectivity index (χ0) is 19.4. The number of ether oxygens (including phenoxy) is 1. The topological polar surface area (TPSA) is 61.2 Å². The molecule has 0 saturated carbocycles. The van der Waals surface area contributed by atoms with E-state index in [2.05, 4.69) is 9.72 Å². The molecule has 0 aliphatic rings. The molecule has 0 spiro atoms. The number of alkyl halides is 2. The first kappa shape index (κ1) is 19.0. The summed E-state index contributed by atoms with van der Waals surface area (Å²) < 4.78 is 30.1. The van der Waals surface area contributed by atoms with Gasteiger partial charge in [-0.05, 0) is 43.3 Å². The molecule has 0 radical (unpaired) electrons. The quantitative estimate of drug-likeness (QED) is 0.347. The van der Waals surface area contributed by atoms with E-state index in [-0.39, 0.29) is 22.8 Å². The molecule has 3 aromatic rings. The van der Waals surface area contributed by atoms with Crippen molar-refractivity contribution in [1.82, 2.24) is 9.55 Å². The van der Waals surface area contributed by atoms with Crippen molar-refractivity contribution in [2.75, 3.05) is 5.75 Å². The highest BCUT2D eigenvalue weighted by Crippen LogP contribution is 2.20. The molecular formula is C19H16F2N2O3S. The first-order chi connectivity index (χ1) is 13.0. The fraction of sp³-hybridized carbons (Fsp3) is 0.211. The van der Waals surface area contributed by atoms with Crippen LogP contribution in [0.4, 0.5) is 8.78 Å². The van der Waals surface area contributed by atoms with Gasteiger partial charge in [0.1, 0.15) is 5.75 Å². The van der Waals surface area contributed by atoms with Crippen molar-refractivity contribution in [1.29, 1.82) is 0 Å². The van der Waals surface area contributed by atoms with Crippen molar-refractivity contribution in [2.24, 2.45) is 0 Å². The van der Waals surface area contributed by atoms with Crippen LogP contribution in [0.2, 0.25) is 0 Å². The third kappa shape index (κ3) is 4.33. The molecule has 0 N–H and O–H groups in total. The average molecular weight is 390 g/mol. The highest BCUT2D eigenvalue weighted by atomic mass is 32.2. The molecule has 0 aliphatic carbocycles. The van der Waals surface area contributed by atoms with Gasteiger partial charge >= 0.3 is 6.61 Å². The minimum Gasteiger partial charge on any atom is -0.435 e. The van der Waals surface area contributed by atoms with E-state index in [9.17, 15) is 18.4 Å². The number of halogens is 2. The molecule has 0 amide bonds. The van der Waals surface area contributed by atoms with Crippen molar-refractivity contribution < 1.29 is 18.3 Å². The summed E-state index contributed by atoms with van der Waals surface area (Å²) in [6.07, 6.45) is 0. The molecule has 0 unspecified atom stereocenters. The number of hydrogen-bond acceptors (Lipinski definition) is 5. The van der Waals surface area contributed by atoms with Crippen LogP contribution in [-0.2, 0) is 6.54 Å². The van der Waals surface area contributed by atoms with Crippen LogP contribution >= 0.6 is 11.8 Å². The van der Waals surface area contributed by atoms with Crippen molar-refractivity contribution in [3.05, 3.63) is 64.4 Å². The molecule has 0 bridgehead atoms. The highest BCUT2D eigenvalue weighted by Gasteiger charge is 2.13. The zero-order valence-electron chi connectivity index (χ0n) is 14.4. The van der Waals surface area contributed by atoms with Gasteiger partial charge in [-0.25, -0.2) is 4.98 Å². The second kappa shape index (κ2) is 8.30. The summed E-state index contributed by atoms with van der Waals surface area (Å²) in [5, 5.41) is 0.997. The second-order valence-corrected chi connectivity index (χ2v) is 6.52. The Kier molecular flexibility index (Phi) is 5.85. The van der Waals surface area contributed by atoms with Crippen LogP contribution in [0, 0.1) is 0 Å². The normalized spacial score (nSPS) is 11.1. The van der Waals surface area contributed by atoms with E-state index < -0.39 is 6.61 Å². The van der Waals surface area contributed by atoms with Gasteiger partial charge in [0.15, 0.2) is 10.9 Å². The summed E-state index contributed by atoms with van der Waals surface area (Å²) in [5.74, 6) is -0.140. The lowest BCUT2D eigenvalue weighted by atomic mass is 10.1. The molecule has 2 aromatic carbocycles. The third-order valence-corrected chi connectivity index (χ3v) is 4.85. The number of hydrogen-bond donors (Lipinski definition) is 0. The van der Waals surface area contributed by atoms with E-state index in [0.29, 0.717) is 28.2 Å². The number of ketones is 1. The van der Waals surface area contributed by atoms with Crippen LogP contribution in [0.1, 0.15) is 17.3 Å². The largest absolute Gasteiger partial charge is 0.435 e. The molecule has 1 heterocycles. The van der Waals surface area contributed by atoms with Crippen molar-refractivity contribution >= 4 is 28.4 Å². The lowest BCUT2D eigenvalue weighted by Crippen LogP contribution is -2.22. The maximum Gasteiger partial charge on any atom is 0.387 e. The Hall–Kier alpha value is -2.74. The van der Waals surface area contributed by atoms with Gasteiger partial charge < -0.3 is 4.74 Å². The number of thioether (sulfide) groups is 1. The smallest absolute Gasteiger partial charge is 0.387 e. The molecule has 140 valence electrons. The zero-order valence-corrected chi connectivity index (χ0v) is 15.2. The van der Waals surface area contributed by atoms with Crippen LogP contribution < -0.4 is 10.3 Å². The number of aromatic nitrogens is 2. The molecule has 27 heavy (non-hydrogen) atoms. The maximum absolute atomic E-state index is 12.6. The number of carbonyl (C=O) groups is 1. The van der Waals surface area contributed by atoms with Gasteiger partial charge in [0.2, 0.25) is 0 Å². The molecule has 1 aromatic heterocycles. The summed E-state index contributed by atoms with van der Waals surface area (Å²) >= 11 is 1.17. The number of nitrogens with zero attached hydrogens (tertiary/aromatic N) is 2. The minimum absolute atomic E-state index is 0.00906. The predicted octanol–water partition coefficient (Wildman–Crippen LogP) is 3.99. The fourth-order valence-corrected chi connectivity index (χ4v) is 3.53. The number of para-hydroxylation sites is 1. The Morgan fingerprint density at radius 1 is 1.19 bits per heavy atom. The molecule has 0 fully saturated rings. The molecular weight excluding hydrogens is 374 g/mol. The average Bonchev–Trinajstić information content (AvgIpc) is 2.66. The van der Waals surface area contributed by atoms with E-state index in [0.717, 1.165) is 0 Å². The summed E-state index contributed by atoms with van der Waals surface area (Å²) in [4.78, 5) is 29.4. The van der Waals surface area contributed by atoms with Crippen LogP contribution in [0.3, 0.4) is 0 Å². The lowest BCUT2D eigenvalue weighted by Gasteiger charge is -2.11. The third-order valence-electron chi connectivity index (χ3n) is 3.88. The van der Waals surface area contributed by atoms with Gasteiger partial charge in [0.25, 0.3) is 5.56 Å². The summed E-state index contributed by atoms with van der Waals surface area (Å²) in [6.45, 7) is -0.634. The van der Waals surface area contributed by atoms with E-state index in [1.54, 1.807) is 24.3 Å². The van der Waals surface area contributed by atoms with Gasteiger partial charge in [0, 0.05) is 12.1 Å². The maximum atomic E-state index is 12.6. The Bertz CT molecular complexity index is 1020. The first-order valence-electron chi connectivity index (χ1n) is 8.20. The molecule has 3 rings (SSSR count). The number of Topliss-reactive ketones (excluding diaryl/α,β-unsaturated/α-hetero) is 1. The van der Waals surface area contributed by atoms with E-state index in [1.807, 2.05) is 6.92 Å². The number of fused-ring (bicyclic) bond motifs is 1. The van der Waals surface area contributed by atoms with Crippen LogP contribution in [-0.4, -0.2) is 27.7 Å². The lowest BCUT2D eigenvalue weighted by molar-refractivity contribution is -0.0498. The van der Waals surface area contributed by atoms with Crippen molar-refractivity contribution in [3.63, 3.8) is 0 Å². The van der Waals surface area contributed by atoms with Gasteiger partial charge in [-0.2, -0.15) is 8.78 Å². The SMILES string of the molecule is CCn1c(SCC(=O)c2ccc(OC(F)F)cc2)nc2ccccc2c1=O. The standard InChI is InChI=1S/C19H16F2N2O3S/c1-2-23-17(25)14-5-3-4-6-15(14)22-19(23)27-11-16(24)12-7-9-13(10-8-12)26-18(20)21/h3-10,18H,2,11H2,1H3. The minimum atomic E-state index is -2.91. The van der Waals surface area contributed by atoms with Gasteiger partial charge in [-0.15, -0.1) is 0 Å². The van der Waals surface area contributed by atoms with Crippen LogP contribution in [0.25, 0.3) is 10.9 Å². The van der Waals surface area contributed by atoms with Crippen LogP contribution in [0.15, 0.2) is 58.5 Å². The van der Waals surface area contributed by atoms with Gasteiger partial charge in [0.05, 0.1) is 16.7 Å². The molecule has 0 atom stereocenters. The monoisotopic (exact) mass is 390 g/mol. The Morgan fingerprint density at radius 2 is 1.89 bits per heavy atom. The van der Waals surface area contributed by atoms with E-state index in [4.69, 9.17) is 0 Å². The Morgan fingerprint density at radius 3 is 2.56 bits per heavy atom. The highest BCUT2D eigenvalue weighted by molar-refractivity contribution is 7.99. The summed E-state index contributed by atoms with van der Waals surface area (Å²) in [7, 11) is 0. The van der Waals surface area contributed by atoms with Crippen molar-refractivity contribution in [2.45, 2.75) is 25.2 Å². The number of rotatable bonds is 7. The van der Waals surface area contributed by atoms with Gasteiger partial charge in [-0.1, -0.05) is 23.9 Å². The second-order valence-electron chi connectivity index (χ2n) is 5.58. The molecule has 0 saturated heterocycles. The first-order valence-corrected chi connectivity index (χ1v) is 9.18. The number of benzene rings is 2. The van der Waals surface area contributed by atoms with E-state index >= 15 is 0 Å². The van der Waals surface area contributed by atoms with E-state index in [1.165, 1.54) is 40.6 Å². The summed E-state index contributed by atoms with van der Waals surface area (Å²) in [6, 6.07) is 12.6. The fourth-order valence-electron chi connectivity index (χ4n) is 2.57. The predicted molar refractivity (Wildman–Crippen MR) is 99.8 cm³/mol. The molecule has 0 aliphatic heterocycles.